The Kier molecular flexibility index (Phi) is 2.61. The van der Waals surface area contributed by atoms with Gasteiger partial charge >= 0.3 is 0 Å². The maximum atomic E-state index is 6.20. The van der Waals surface area contributed by atoms with Gasteiger partial charge < -0.3 is 10.6 Å². The van der Waals surface area contributed by atoms with Crippen LogP contribution >= 0.6 is 0 Å². The summed E-state index contributed by atoms with van der Waals surface area (Å²) in [6.07, 6.45) is 7.94. The van der Waals surface area contributed by atoms with E-state index in [4.69, 9.17) is 5.73 Å². The Balaban J connectivity index is 1.70. The van der Waals surface area contributed by atoms with Crippen molar-refractivity contribution in [1.29, 1.82) is 0 Å². The number of nitrogens with zero attached hydrogens (tertiary/aromatic N) is 1. The van der Waals surface area contributed by atoms with Gasteiger partial charge in [-0.25, -0.2) is 0 Å². The van der Waals surface area contributed by atoms with Crippen LogP contribution < -0.4 is 5.73 Å². The lowest BCUT2D eigenvalue weighted by Crippen LogP contribution is -2.48. The Morgan fingerprint density at radius 1 is 1.38 bits per heavy atom. The van der Waals surface area contributed by atoms with Gasteiger partial charge in [-0.2, -0.15) is 0 Å². The molecule has 2 rings (SSSR count). The first kappa shape index (κ1) is 9.47. The van der Waals surface area contributed by atoms with Crippen LogP contribution in [0.15, 0.2) is 0 Å². The molecular weight excluding hydrogens is 160 g/mol. The quantitative estimate of drug-likeness (QED) is 0.702. The zero-order valence-corrected chi connectivity index (χ0v) is 8.76. The molecule has 0 heterocycles. The molecule has 0 bridgehead atoms. The summed E-state index contributed by atoms with van der Waals surface area (Å²) in [5.74, 6) is 0. The largest absolute Gasteiger partial charge is 0.325 e. The highest BCUT2D eigenvalue weighted by Gasteiger charge is 2.34. The van der Waals surface area contributed by atoms with Crippen LogP contribution in [0.25, 0.3) is 0 Å². The van der Waals surface area contributed by atoms with Crippen LogP contribution in [0.5, 0.6) is 0 Å². The lowest BCUT2D eigenvalue weighted by atomic mass is 9.75. The molecular formula is C11H22N2. The molecule has 2 N–H and O–H groups in total. The third-order valence-corrected chi connectivity index (χ3v) is 3.72. The SMILES string of the molecule is CCN(CCC1(N)CCC1)C1CC1. The highest BCUT2D eigenvalue weighted by atomic mass is 15.2. The summed E-state index contributed by atoms with van der Waals surface area (Å²) in [5, 5.41) is 0. The van der Waals surface area contributed by atoms with Crippen molar-refractivity contribution >= 4 is 0 Å². The van der Waals surface area contributed by atoms with E-state index >= 15 is 0 Å². The van der Waals surface area contributed by atoms with Crippen molar-refractivity contribution in [3.8, 4) is 0 Å². The standard InChI is InChI=1S/C11H22N2/c1-2-13(10-4-5-10)9-8-11(12)6-3-7-11/h10H,2-9,12H2,1H3. The van der Waals surface area contributed by atoms with Crippen LogP contribution in [-0.4, -0.2) is 29.6 Å². The molecule has 0 aromatic heterocycles. The minimum Gasteiger partial charge on any atom is -0.325 e. The predicted molar refractivity (Wildman–Crippen MR) is 55.7 cm³/mol. The maximum absolute atomic E-state index is 6.20. The Bertz CT molecular complexity index is 171. The van der Waals surface area contributed by atoms with Crippen molar-refractivity contribution in [3.05, 3.63) is 0 Å². The first-order chi connectivity index (χ1) is 6.23. The summed E-state index contributed by atoms with van der Waals surface area (Å²) in [7, 11) is 0. The molecule has 0 radical (unpaired) electrons. The van der Waals surface area contributed by atoms with Crippen LogP contribution in [0.1, 0.15) is 45.4 Å². The van der Waals surface area contributed by atoms with Gasteiger partial charge in [-0.15, -0.1) is 0 Å². The number of hydrogen-bond donors (Lipinski definition) is 1. The molecule has 0 saturated heterocycles. The van der Waals surface area contributed by atoms with E-state index in [2.05, 4.69) is 11.8 Å². The molecule has 0 aromatic rings. The summed E-state index contributed by atoms with van der Waals surface area (Å²) in [6, 6.07) is 0.911. The molecule has 2 nitrogen and oxygen atoms in total. The summed E-state index contributed by atoms with van der Waals surface area (Å²) < 4.78 is 0. The third-order valence-electron chi connectivity index (χ3n) is 3.72. The van der Waals surface area contributed by atoms with Gasteiger partial charge in [0.25, 0.3) is 0 Å². The molecule has 13 heavy (non-hydrogen) atoms. The summed E-state index contributed by atoms with van der Waals surface area (Å²) >= 11 is 0. The van der Waals surface area contributed by atoms with E-state index in [9.17, 15) is 0 Å². The molecule has 0 atom stereocenters. The van der Waals surface area contributed by atoms with E-state index in [0.29, 0.717) is 0 Å². The van der Waals surface area contributed by atoms with E-state index in [1.165, 1.54) is 51.6 Å². The summed E-state index contributed by atoms with van der Waals surface area (Å²) in [4.78, 5) is 2.60. The molecule has 0 aliphatic heterocycles. The second kappa shape index (κ2) is 3.58. The zero-order chi connectivity index (χ0) is 9.31. The average Bonchev–Trinajstić information content (AvgIpc) is 2.86. The van der Waals surface area contributed by atoms with Gasteiger partial charge in [-0.1, -0.05) is 6.92 Å². The highest BCUT2D eigenvalue weighted by Crippen LogP contribution is 2.34. The van der Waals surface area contributed by atoms with Gasteiger partial charge in [0.1, 0.15) is 0 Å². The van der Waals surface area contributed by atoms with Crippen molar-refractivity contribution in [1.82, 2.24) is 4.90 Å². The van der Waals surface area contributed by atoms with E-state index < -0.39 is 0 Å². The Morgan fingerprint density at radius 3 is 2.46 bits per heavy atom. The van der Waals surface area contributed by atoms with Crippen LogP contribution in [0, 0.1) is 0 Å². The van der Waals surface area contributed by atoms with Crippen molar-refractivity contribution in [2.24, 2.45) is 5.73 Å². The maximum Gasteiger partial charge on any atom is 0.0166 e. The molecule has 0 amide bonds. The minimum atomic E-state index is 0.225. The molecule has 2 aliphatic carbocycles. The lowest BCUT2D eigenvalue weighted by molar-refractivity contribution is 0.181. The Labute approximate surface area is 81.5 Å². The van der Waals surface area contributed by atoms with Gasteiger partial charge in [-0.3, -0.25) is 0 Å². The highest BCUT2D eigenvalue weighted by molar-refractivity contribution is 4.94. The van der Waals surface area contributed by atoms with E-state index in [0.717, 1.165) is 6.04 Å². The third kappa shape index (κ3) is 2.23. The second-order valence-corrected chi connectivity index (χ2v) is 4.83. The molecule has 0 spiro atoms. The molecule has 76 valence electrons. The van der Waals surface area contributed by atoms with Crippen LogP contribution in [0.3, 0.4) is 0 Å². The molecule has 2 fully saturated rings. The Morgan fingerprint density at radius 2 is 2.08 bits per heavy atom. The molecule has 2 saturated carbocycles. The van der Waals surface area contributed by atoms with Crippen LogP contribution in [-0.2, 0) is 0 Å². The zero-order valence-electron chi connectivity index (χ0n) is 8.76. The molecule has 0 aromatic carbocycles. The van der Waals surface area contributed by atoms with Crippen LogP contribution in [0.2, 0.25) is 0 Å². The summed E-state index contributed by atoms with van der Waals surface area (Å²) in [5.41, 5.74) is 6.42. The number of rotatable bonds is 5. The number of nitrogens with two attached hydrogens (primary N) is 1. The van der Waals surface area contributed by atoms with E-state index in [1.54, 1.807) is 0 Å². The fraction of sp³-hybridized carbons (Fsp3) is 1.00. The topological polar surface area (TPSA) is 29.3 Å². The fourth-order valence-electron chi connectivity index (χ4n) is 2.29. The fourth-order valence-corrected chi connectivity index (χ4v) is 2.29. The van der Waals surface area contributed by atoms with Gasteiger partial charge in [0.05, 0.1) is 0 Å². The normalized spacial score (nSPS) is 26.1. The van der Waals surface area contributed by atoms with Crippen molar-refractivity contribution < 1.29 is 0 Å². The van der Waals surface area contributed by atoms with Gasteiger partial charge in [0, 0.05) is 18.1 Å². The van der Waals surface area contributed by atoms with Gasteiger partial charge in [-0.05, 0) is 45.1 Å². The minimum absolute atomic E-state index is 0.225. The number of hydrogen-bond acceptors (Lipinski definition) is 2. The van der Waals surface area contributed by atoms with Crippen molar-refractivity contribution in [2.75, 3.05) is 13.1 Å². The smallest absolute Gasteiger partial charge is 0.0166 e. The van der Waals surface area contributed by atoms with Crippen molar-refractivity contribution in [3.63, 3.8) is 0 Å². The first-order valence-corrected chi connectivity index (χ1v) is 5.76. The predicted octanol–water partition coefficient (Wildman–Crippen LogP) is 1.74. The second-order valence-electron chi connectivity index (χ2n) is 4.83. The summed E-state index contributed by atoms with van der Waals surface area (Å²) in [6.45, 7) is 4.71. The average molecular weight is 182 g/mol. The lowest BCUT2D eigenvalue weighted by Gasteiger charge is -2.39. The monoisotopic (exact) mass is 182 g/mol. The first-order valence-electron chi connectivity index (χ1n) is 5.76. The van der Waals surface area contributed by atoms with Crippen LogP contribution in [0.4, 0.5) is 0 Å². The Hall–Kier alpha value is -0.0800. The van der Waals surface area contributed by atoms with Gasteiger partial charge in [0.2, 0.25) is 0 Å². The van der Waals surface area contributed by atoms with Crippen molar-refractivity contribution in [2.45, 2.75) is 57.0 Å². The molecule has 0 unspecified atom stereocenters. The molecule has 2 heteroatoms. The molecule has 2 aliphatic rings. The van der Waals surface area contributed by atoms with E-state index in [1.807, 2.05) is 0 Å². The van der Waals surface area contributed by atoms with Gasteiger partial charge in [0.15, 0.2) is 0 Å². The van der Waals surface area contributed by atoms with E-state index in [-0.39, 0.29) is 5.54 Å².